The molecule has 124 valence electrons. The number of benzene rings is 1. The summed E-state index contributed by atoms with van der Waals surface area (Å²) in [6.45, 7) is 2.86. The largest absolute Gasteiger partial charge is 0.451 e. The maximum absolute atomic E-state index is 12.2. The minimum atomic E-state index is -0.151. The van der Waals surface area contributed by atoms with Gasteiger partial charge in [-0.1, -0.05) is 24.3 Å². The zero-order chi connectivity index (χ0) is 16.1. The predicted octanol–water partition coefficient (Wildman–Crippen LogP) is 2.86. The van der Waals surface area contributed by atoms with Crippen molar-refractivity contribution in [2.75, 3.05) is 27.2 Å². The van der Waals surface area contributed by atoms with E-state index in [4.69, 9.17) is 4.42 Å². The van der Waals surface area contributed by atoms with Gasteiger partial charge in [-0.15, -0.1) is 12.4 Å². The van der Waals surface area contributed by atoms with Gasteiger partial charge in [0.1, 0.15) is 5.76 Å². The molecule has 0 aliphatic carbocycles. The van der Waals surface area contributed by atoms with Crippen LogP contribution in [0, 0.1) is 0 Å². The summed E-state index contributed by atoms with van der Waals surface area (Å²) in [7, 11) is 3.58. The number of furan rings is 1. The molecule has 0 atom stereocenters. The van der Waals surface area contributed by atoms with Crippen LogP contribution in [0.4, 0.5) is 0 Å². The predicted molar refractivity (Wildman–Crippen MR) is 92.3 cm³/mol. The van der Waals surface area contributed by atoms with Crippen molar-refractivity contribution in [1.82, 2.24) is 10.2 Å². The van der Waals surface area contributed by atoms with E-state index in [0.717, 1.165) is 12.1 Å². The smallest absolute Gasteiger partial charge is 0.289 e. The third kappa shape index (κ3) is 4.68. The summed E-state index contributed by atoms with van der Waals surface area (Å²) in [5.74, 6) is 0.791. The van der Waals surface area contributed by atoms with Crippen molar-refractivity contribution in [3.63, 3.8) is 0 Å². The Labute approximate surface area is 142 Å². The number of halogens is 1. The maximum atomic E-state index is 12.2. The number of carbonyl (C=O) groups excluding carboxylic acids is 2. The van der Waals surface area contributed by atoms with Crippen molar-refractivity contribution in [3.8, 4) is 11.3 Å². The van der Waals surface area contributed by atoms with Crippen LogP contribution in [0.15, 0.2) is 40.8 Å². The Kier molecular flexibility index (Phi) is 7.00. The minimum absolute atomic E-state index is 0. The Bertz CT molecular complexity index is 665. The van der Waals surface area contributed by atoms with E-state index in [0.29, 0.717) is 23.6 Å². The number of ketones is 1. The highest BCUT2D eigenvalue weighted by Gasteiger charge is 2.16. The summed E-state index contributed by atoms with van der Waals surface area (Å²) < 4.78 is 5.64. The highest BCUT2D eigenvalue weighted by Crippen LogP contribution is 2.23. The first kappa shape index (κ1) is 18.9. The average molecular weight is 337 g/mol. The standard InChI is InChI=1S/C17H20N2O3.ClH/c1-12(20)13-4-6-14(7-5-13)15-8-9-16(22-15)17(21)19(3)11-10-18-2;/h4-9,18H,10-11H2,1-3H3;1H. The van der Waals surface area contributed by atoms with Crippen LogP contribution in [0.3, 0.4) is 0 Å². The Morgan fingerprint density at radius 2 is 1.78 bits per heavy atom. The molecule has 2 aromatic rings. The molecule has 1 N–H and O–H groups in total. The van der Waals surface area contributed by atoms with Gasteiger partial charge in [0.05, 0.1) is 0 Å². The molecule has 5 nitrogen and oxygen atoms in total. The summed E-state index contributed by atoms with van der Waals surface area (Å²) >= 11 is 0. The first-order valence-corrected chi connectivity index (χ1v) is 7.14. The van der Waals surface area contributed by atoms with Gasteiger partial charge in [-0.2, -0.15) is 0 Å². The Morgan fingerprint density at radius 1 is 1.13 bits per heavy atom. The Balaban J connectivity index is 0.00000264. The van der Waals surface area contributed by atoms with E-state index in [1.54, 1.807) is 36.2 Å². The molecule has 0 bridgehead atoms. The van der Waals surface area contributed by atoms with Crippen LogP contribution in [0.1, 0.15) is 27.8 Å². The number of hydrogen-bond acceptors (Lipinski definition) is 4. The number of nitrogens with zero attached hydrogens (tertiary/aromatic N) is 1. The fraction of sp³-hybridized carbons (Fsp3) is 0.294. The number of nitrogens with one attached hydrogen (secondary N) is 1. The van der Waals surface area contributed by atoms with Crippen LogP contribution >= 0.6 is 12.4 Å². The summed E-state index contributed by atoms with van der Waals surface area (Å²) in [5, 5.41) is 3.00. The van der Waals surface area contributed by atoms with Gasteiger partial charge in [-0.3, -0.25) is 9.59 Å². The summed E-state index contributed by atoms with van der Waals surface area (Å²) in [4.78, 5) is 25.1. The van der Waals surface area contributed by atoms with Crippen molar-refractivity contribution in [1.29, 1.82) is 0 Å². The summed E-state index contributed by atoms with van der Waals surface area (Å²) in [6, 6.07) is 10.6. The second-order valence-corrected chi connectivity index (χ2v) is 5.13. The van der Waals surface area contributed by atoms with E-state index in [1.165, 1.54) is 6.92 Å². The molecule has 0 aliphatic heterocycles. The highest BCUT2D eigenvalue weighted by atomic mass is 35.5. The monoisotopic (exact) mass is 336 g/mol. The van der Waals surface area contributed by atoms with Crippen molar-refractivity contribution in [2.45, 2.75) is 6.92 Å². The zero-order valence-corrected chi connectivity index (χ0v) is 14.3. The molecule has 1 aromatic heterocycles. The van der Waals surface area contributed by atoms with Gasteiger partial charge in [-0.25, -0.2) is 0 Å². The van der Waals surface area contributed by atoms with Gasteiger partial charge >= 0.3 is 0 Å². The van der Waals surface area contributed by atoms with Crippen molar-refractivity contribution < 1.29 is 14.0 Å². The number of hydrogen-bond donors (Lipinski definition) is 1. The fourth-order valence-electron chi connectivity index (χ4n) is 2.05. The van der Waals surface area contributed by atoms with E-state index in [1.807, 2.05) is 19.2 Å². The van der Waals surface area contributed by atoms with Crippen molar-refractivity contribution in [2.24, 2.45) is 0 Å². The topological polar surface area (TPSA) is 62.6 Å². The molecule has 0 saturated carbocycles. The SMILES string of the molecule is CNCCN(C)C(=O)c1ccc(-c2ccc(C(C)=O)cc2)o1.Cl. The molecular formula is C17H21ClN2O3. The van der Waals surface area contributed by atoms with Gasteiger partial charge in [0, 0.05) is 31.3 Å². The molecule has 0 spiro atoms. The molecular weight excluding hydrogens is 316 g/mol. The summed E-state index contributed by atoms with van der Waals surface area (Å²) in [6.07, 6.45) is 0. The Morgan fingerprint density at radius 3 is 2.35 bits per heavy atom. The number of amides is 1. The van der Waals surface area contributed by atoms with Gasteiger partial charge < -0.3 is 14.6 Å². The van der Waals surface area contributed by atoms with Crippen molar-refractivity contribution in [3.05, 3.63) is 47.7 Å². The summed E-state index contributed by atoms with van der Waals surface area (Å²) in [5.41, 5.74) is 1.49. The Hall–Kier alpha value is -2.11. The third-order valence-corrected chi connectivity index (χ3v) is 3.44. The molecule has 1 heterocycles. The lowest BCUT2D eigenvalue weighted by atomic mass is 10.1. The quantitative estimate of drug-likeness (QED) is 0.824. The first-order valence-electron chi connectivity index (χ1n) is 7.14. The molecule has 0 aliphatic rings. The normalized spacial score (nSPS) is 10.0. The first-order chi connectivity index (χ1) is 10.5. The van der Waals surface area contributed by atoms with E-state index in [-0.39, 0.29) is 24.1 Å². The maximum Gasteiger partial charge on any atom is 0.289 e. The van der Waals surface area contributed by atoms with Gasteiger partial charge in [0.25, 0.3) is 5.91 Å². The molecule has 0 radical (unpaired) electrons. The second-order valence-electron chi connectivity index (χ2n) is 5.13. The van der Waals surface area contributed by atoms with Gasteiger partial charge in [0.15, 0.2) is 11.5 Å². The molecule has 2 rings (SSSR count). The van der Waals surface area contributed by atoms with E-state index >= 15 is 0 Å². The lowest BCUT2D eigenvalue weighted by molar-refractivity contribution is 0.0766. The third-order valence-electron chi connectivity index (χ3n) is 3.44. The van der Waals surface area contributed by atoms with E-state index in [2.05, 4.69) is 5.32 Å². The van der Waals surface area contributed by atoms with Crippen LogP contribution in [-0.4, -0.2) is 43.8 Å². The zero-order valence-electron chi connectivity index (χ0n) is 13.5. The van der Waals surface area contributed by atoms with Crippen LogP contribution in [0.25, 0.3) is 11.3 Å². The molecule has 0 unspecified atom stereocenters. The lowest BCUT2D eigenvalue weighted by Gasteiger charge is -2.14. The van der Waals surface area contributed by atoms with E-state index in [9.17, 15) is 9.59 Å². The number of carbonyl (C=O) groups is 2. The van der Waals surface area contributed by atoms with Crippen molar-refractivity contribution >= 4 is 24.1 Å². The number of likely N-dealkylation sites (N-methyl/N-ethyl adjacent to an activating group) is 2. The molecule has 0 fully saturated rings. The van der Waals surface area contributed by atoms with Crippen LogP contribution in [-0.2, 0) is 0 Å². The average Bonchev–Trinajstić information content (AvgIpc) is 3.01. The minimum Gasteiger partial charge on any atom is -0.451 e. The number of Topliss-reactive ketones (excluding diaryl/α,β-unsaturated/α-hetero) is 1. The van der Waals surface area contributed by atoms with Crippen LogP contribution in [0.5, 0.6) is 0 Å². The van der Waals surface area contributed by atoms with Gasteiger partial charge in [-0.05, 0) is 26.1 Å². The molecule has 0 saturated heterocycles. The number of rotatable bonds is 6. The molecule has 1 amide bonds. The van der Waals surface area contributed by atoms with Gasteiger partial charge in [0.2, 0.25) is 0 Å². The fourth-order valence-corrected chi connectivity index (χ4v) is 2.05. The molecule has 1 aromatic carbocycles. The second kappa shape index (κ2) is 8.50. The van der Waals surface area contributed by atoms with Crippen LogP contribution in [0.2, 0.25) is 0 Å². The lowest BCUT2D eigenvalue weighted by Crippen LogP contribution is -2.32. The molecule has 6 heteroatoms. The highest BCUT2D eigenvalue weighted by molar-refractivity contribution is 5.94. The van der Waals surface area contributed by atoms with Crippen LogP contribution < -0.4 is 5.32 Å². The van der Waals surface area contributed by atoms with E-state index < -0.39 is 0 Å². The molecule has 23 heavy (non-hydrogen) atoms.